The number of hydrogen-bond donors (Lipinski definition) is 3. The van der Waals surface area contributed by atoms with E-state index in [0.29, 0.717) is 17.5 Å². The van der Waals surface area contributed by atoms with Gasteiger partial charge in [0.2, 0.25) is 0 Å². The van der Waals surface area contributed by atoms with Crippen molar-refractivity contribution in [3.05, 3.63) is 12.1 Å². The molecule has 1 aliphatic rings. The lowest BCUT2D eigenvalue weighted by atomic mass is 10.1. The fourth-order valence-corrected chi connectivity index (χ4v) is 2.32. The van der Waals surface area contributed by atoms with Crippen LogP contribution in [0.4, 0.5) is 17.3 Å². The number of aromatic nitrogens is 1. The van der Waals surface area contributed by atoms with Gasteiger partial charge in [0.25, 0.3) is 0 Å². The second-order valence-electron chi connectivity index (χ2n) is 5.00. The maximum atomic E-state index is 5.68. The molecule has 100 valence electrons. The van der Waals surface area contributed by atoms with Crippen LogP contribution >= 0.6 is 0 Å². The quantitative estimate of drug-likeness (QED) is 0.754. The summed E-state index contributed by atoms with van der Waals surface area (Å²) in [4.78, 5) is 6.74. The Morgan fingerprint density at radius 1 is 1.28 bits per heavy atom. The van der Waals surface area contributed by atoms with Crippen LogP contribution in [0.1, 0.15) is 26.2 Å². The Hall–Kier alpha value is -1.49. The van der Waals surface area contributed by atoms with Crippen LogP contribution in [0.15, 0.2) is 12.1 Å². The smallest absolute Gasteiger partial charge is 0.149 e. The van der Waals surface area contributed by atoms with Crippen LogP contribution in [0, 0.1) is 0 Å². The normalized spacial score (nSPS) is 18.5. The summed E-state index contributed by atoms with van der Waals surface area (Å²) in [5.74, 6) is 1.19. The molecule has 0 bridgehead atoms. The highest BCUT2D eigenvalue weighted by atomic mass is 15.2. The lowest BCUT2D eigenvalue weighted by Crippen LogP contribution is -2.41. The fourth-order valence-electron chi connectivity index (χ4n) is 2.32. The monoisotopic (exact) mass is 249 g/mol. The molecule has 1 atom stereocenters. The lowest BCUT2D eigenvalue weighted by molar-refractivity contribution is 0.180. The van der Waals surface area contributed by atoms with Gasteiger partial charge < -0.3 is 16.8 Å². The number of anilines is 3. The molecule has 0 radical (unpaired) electrons. The Balaban J connectivity index is 1.84. The molecule has 0 aliphatic carbocycles. The summed E-state index contributed by atoms with van der Waals surface area (Å²) in [5.41, 5.74) is 11.9. The summed E-state index contributed by atoms with van der Waals surface area (Å²) in [6, 6.07) is 4.18. The SMILES string of the molecule is CC(CNc1ccc(N)c(N)n1)N1CCCCC1. The molecule has 1 aromatic heterocycles. The molecule has 18 heavy (non-hydrogen) atoms. The molecule has 5 N–H and O–H groups in total. The zero-order valence-corrected chi connectivity index (χ0v) is 11.0. The fraction of sp³-hybridized carbons (Fsp3) is 0.615. The van der Waals surface area contributed by atoms with Crippen LogP contribution < -0.4 is 16.8 Å². The minimum absolute atomic E-state index is 0.394. The lowest BCUT2D eigenvalue weighted by Gasteiger charge is -2.32. The molecule has 0 amide bonds. The van der Waals surface area contributed by atoms with Crippen molar-refractivity contribution >= 4 is 17.3 Å². The van der Waals surface area contributed by atoms with Crippen LogP contribution in [0.5, 0.6) is 0 Å². The third kappa shape index (κ3) is 3.26. The molecule has 2 heterocycles. The number of piperidine rings is 1. The van der Waals surface area contributed by atoms with E-state index in [2.05, 4.69) is 22.1 Å². The van der Waals surface area contributed by atoms with Gasteiger partial charge in [-0.15, -0.1) is 0 Å². The zero-order chi connectivity index (χ0) is 13.0. The van der Waals surface area contributed by atoms with Gasteiger partial charge in [0.05, 0.1) is 5.69 Å². The van der Waals surface area contributed by atoms with Gasteiger partial charge in [0.1, 0.15) is 11.6 Å². The van der Waals surface area contributed by atoms with Crippen molar-refractivity contribution < 1.29 is 0 Å². The van der Waals surface area contributed by atoms with Crippen molar-refractivity contribution in [1.29, 1.82) is 0 Å². The van der Waals surface area contributed by atoms with Crippen LogP contribution in [-0.2, 0) is 0 Å². The highest BCUT2D eigenvalue weighted by Gasteiger charge is 2.16. The molecule has 1 fully saturated rings. The Morgan fingerprint density at radius 3 is 2.67 bits per heavy atom. The highest BCUT2D eigenvalue weighted by Crippen LogP contribution is 2.16. The highest BCUT2D eigenvalue weighted by molar-refractivity contribution is 5.61. The number of pyridine rings is 1. The second kappa shape index (κ2) is 5.91. The van der Waals surface area contributed by atoms with Gasteiger partial charge in [-0.3, -0.25) is 4.90 Å². The standard InChI is InChI=1S/C13H23N5/c1-10(18-7-3-2-4-8-18)9-16-12-6-5-11(14)13(15)17-12/h5-6,10H,2-4,7-9,14H2,1H3,(H3,15,16,17). The third-order valence-electron chi connectivity index (χ3n) is 3.55. The summed E-state index contributed by atoms with van der Waals surface area (Å²) in [7, 11) is 0. The molecule has 0 saturated carbocycles. The predicted molar refractivity (Wildman–Crippen MR) is 76.4 cm³/mol. The molecule has 1 aromatic rings. The van der Waals surface area contributed by atoms with Crippen molar-refractivity contribution in [2.75, 3.05) is 36.4 Å². The molecule has 0 spiro atoms. The first kappa shape index (κ1) is 13.0. The van der Waals surface area contributed by atoms with Crippen LogP contribution in [0.25, 0.3) is 0 Å². The number of hydrogen-bond acceptors (Lipinski definition) is 5. The van der Waals surface area contributed by atoms with Crippen molar-refractivity contribution in [3.8, 4) is 0 Å². The van der Waals surface area contributed by atoms with E-state index >= 15 is 0 Å². The van der Waals surface area contributed by atoms with Crippen molar-refractivity contribution in [2.24, 2.45) is 0 Å². The number of nitrogens with one attached hydrogen (secondary N) is 1. The van der Waals surface area contributed by atoms with Crippen molar-refractivity contribution in [1.82, 2.24) is 9.88 Å². The van der Waals surface area contributed by atoms with Gasteiger partial charge in [-0.05, 0) is 45.0 Å². The van der Waals surface area contributed by atoms with Gasteiger partial charge in [-0.25, -0.2) is 4.98 Å². The van der Waals surface area contributed by atoms with Crippen LogP contribution in [-0.4, -0.2) is 35.6 Å². The van der Waals surface area contributed by atoms with Gasteiger partial charge in [-0.1, -0.05) is 6.42 Å². The van der Waals surface area contributed by atoms with E-state index in [-0.39, 0.29) is 0 Å². The first-order chi connectivity index (χ1) is 8.66. The average Bonchev–Trinajstić information content (AvgIpc) is 2.41. The zero-order valence-electron chi connectivity index (χ0n) is 11.0. The summed E-state index contributed by atoms with van der Waals surface area (Å²) >= 11 is 0. The number of rotatable bonds is 4. The molecule has 1 unspecified atom stereocenters. The summed E-state index contributed by atoms with van der Waals surface area (Å²) < 4.78 is 0. The molecule has 0 aromatic carbocycles. The van der Waals surface area contributed by atoms with Crippen LogP contribution in [0.2, 0.25) is 0 Å². The number of nitrogens with two attached hydrogens (primary N) is 2. The van der Waals surface area contributed by atoms with Gasteiger partial charge in [0.15, 0.2) is 0 Å². The first-order valence-electron chi connectivity index (χ1n) is 6.67. The second-order valence-corrected chi connectivity index (χ2v) is 5.00. The molecule has 5 heteroatoms. The summed E-state index contributed by atoms with van der Waals surface area (Å²) in [6.07, 6.45) is 4.00. The van der Waals surface area contributed by atoms with Crippen molar-refractivity contribution in [3.63, 3.8) is 0 Å². The topological polar surface area (TPSA) is 80.2 Å². The van der Waals surface area contributed by atoms with E-state index in [4.69, 9.17) is 11.5 Å². The van der Waals surface area contributed by atoms with Gasteiger partial charge >= 0.3 is 0 Å². The number of nitrogens with zero attached hydrogens (tertiary/aromatic N) is 2. The summed E-state index contributed by atoms with van der Waals surface area (Å²) in [6.45, 7) is 5.55. The van der Waals surface area contributed by atoms with Crippen molar-refractivity contribution in [2.45, 2.75) is 32.2 Å². The minimum atomic E-state index is 0.394. The Bertz CT molecular complexity index is 387. The summed E-state index contributed by atoms with van der Waals surface area (Å²) in [5, 5.41) is 3.32. The average molecular weight is 249 g/mol. The van der Waals surface area contributed by atoms with E-state index in [1.165, 1.54) is 32.4 Å². The molecule has 5 nitrogen and oxygen atoms in total. The Kier molecular flexibility index (Phi) is 4.25. The number of nitrogen functional groups attached to an aromatic ring is 2. The van der Waals surface area contributed by atoms with E-state index in [0.717, 1.165) is 12.4 Å². The van der Waals surface area contributed by atoms with Crippen LogP contribution in [0.3, 0.4) is 0 Å². The molecular formula is C13H23N5. The minimum Gasteiger partial charge on any atom is -0.396 e. The molecule has 1 aliphatic heterocycles. The Labute approximate surface area is 109 Å². The third-order valence-corrected chi connectivity index (χ3v) is 3.55. The van der Waals surface area contributed by atoms with E-state index in [1.54, 1.807) is 6.07 Å². The largest absolute Gasteiger partial charge is 0.396 e. The van der Waals surface area contributed by atoms with E-state index in [9.17, 15) is 0 Å². The van der Waals surface area contributed by atoms with E-state index in [1.807, 2.05) is 6.07 Å². The predicted octanol–water partition coefficient (Wildman–Crippen LogP) is 1.53. The molecule has 1 saturated heterocycles. The first-order valence-corrected chi connectivity index (χ1v) is 6.67. The maximum Gasteiger partial charge on any atom is 0.149 e. The molecular weight excluding hydrogens is 226 g/mol. The van der Waals surface area contributed by atoms with E-state index < -0.39 is 0 Å². The maximum absolute atomic E-state index is 5.68. The Morgan fingerprint density at radius 2 is 2.00 bits per heavy atom. The van der Waals surface area contributed by atoms with Gasteiger partial charge in [0, 0.05) is 12.6 Å². The molecule has 2 rings (SSSR count). The number of likely N-dealkylation sites (tertiary alicyclic amines) is 1. The van der Waals surface area contributed by atoms with Gasteiger partial charge in [-0.2, -0.15) is 0 Å².